The lowest BCUT2D eigenvalue weighted by Gasteiger charge is -2.21. The van der Waals surface area contributed by atoms with E-state index in [1.807, 2.05) is 0 Å². The molecule has 0 bridgehead atoms. The van der Waals surface area contributed by atoms with E-state index in [-0.39, 0.29) is 4.90 Å². The van der Waals surface area contributed by atoms with Crippen molar-refractivity contribution in [2.45, 2.75) is 11.3 Å². The average molecular weight is 393 g/mol. The van der Waals surface area contributed by atoms with E-state index >= 15 is 0 Å². The second-order valence-corrected chi connectivity index (χ2v) is 8.89. The number of fused-ring (bicyclic) bond motifs is 2. The lowest BCUT2D eigenvalue weighted by Crippen LogP contribution is -2.23. The Labute approximate surface area is 162 Å². The number of pyridine rings is 1. The third kappa shape index (κ3) is 2.66. The third-order valence-corrected chi connectivity index (χ3v) is 6.93. The van der Waals surface area contributed by atoms with Gasteiger partial charge in [-0.2, -0.15) is 0 Å². The Morgan fingerprint density at radius 1 is 1.18 bits per heavy atom. The van der Waals surface area contributed by atoms with Gasteiger partial charge in [-0.05, 0) is 55.4 Å². The van der Waals surface area contributed by atoms with Gasteiger partial charge in [0.1, 0.15) is 5.58 Å². The maximum absolute atomic E-state index is 13.4. The highest BCUT2D eigenvalue weighted by Gasteiger charge is 2.24. The van der Waals surface area contributed by atoms with Crippen molar-refractivity contribution >= 4 is 37.6 Å². The Bertz CT molecular complexity index is 1330. The van der Waals surface area contributed by atoms with Crippen LogP contribution in [0, 0.1) is 0 Å². The highest BCUT2D eigenvalue weighted by atomic mass is 32.2. The number of rotatable bonds is 3. The van der Waals surface area contributed by atoms with Gasteiger partial charge in [0, 0.05) is 36.4 Å². The molecule has 1 aromatic carbocycles. The minimum Gasteiger partial charge on any atom is -0.464 e. The Kier molecular flexibility index (Phi) is 3.89. The fraction of sp³-hybridized carbons (Fsp3) is 0.190. The summed E-state index contributed by atoms with van der Waals surface area (Å²) < 4.78 is 33.6. The molecule has 0 saturated heterocycles. The monoisotopic (exact) mass is 393 g/mol. The molecular formula is C21H19N3O3S. The second-order valence-electron chi connectivity index (χ2n) is 7.08. The van der Waals surface area contributed by atoms with Gasteiger partial charge in [0.15, 0.2) is 0 Å². The van der Waals surface area contributed by atoms with Crippen molar-refractivity contribution < 1.29 is 12.8 Å². The summed E-state index contributed by atoms with van der Waals surface area (Å²) in [6, 6.07) is 10.2. The van der Waals surface area contributed by atoms with E-state index in [1.54, 1.807) is 55.1 Å². The highest BCUT2D eigenvalue weighted by molar-refractivity contribution is 7.90. The molecule has 3 aromatic heterocycles. The average Bonchev–Trinajstić information content (AvgIpc) is 3.33. The van der Waals surface area contributed by atoms with E-state index in [2.05, 4.69) is 23.0 Å². The van der Waals surface area contributed by atoms with E-state index in [1.165, 1.54) is 3.97 Å². The molecule has 142 valence electrons. The molecule has 0 saturated carbocycles. The largest absolute Gasteiger partial charge is 0.464 e. The number of benzene rings is 1. The topological polar surface area (TPSA) is 68.3 Å². The number of hydrogen-bond donors (Lipinski definition) is 0. The molecular weight excluding hydrogens is 374 g/mol. The van der Waals surface area contributed by atoms with Gasteiger partial charge in [-0.15, -0.1) is 0 Å². The number of aromatic nitrogens is 2. The van der Waals surface area contributed by atoms with Crippen LogP contribution in [-0.2, 0) is 10.0 Å². The van der Waals surface area contributed by atoms with Crippen molar-refractivity contribution in [2.24, 2.45) is 0 Å². The number of furan rings is 1. The third-order valence-electron chi connectivity index (χ3n) is 5.26. The van der Waals surface area contributed by atoms with Gasteiger partial charge in [0.05, 0.1) is 22.2 Å². The molecule has 0 amide bonds. The molecule has 1 aliphatic heterocycles. The van der Waals surface area contributed by atoms with Crippen LogP contribution >= 0.6 is 0 Å². The van der Waals surface area contributed by atoms with E-state index in [0.717, 1.165) is 36.0 Å². The van der Waals surface area contributed by atoms with Crippen molar-refractivity contribution in [1.29, 1.82) is 0 Å². The van der Waals surface area contributed by atoms with Gasteiger partial charge in [-0.1, -0.05) is 6.08 Å². The fourth-order valence-corrected chi connectivity index (χ4v) is 5.09. The molecule has 5 rings (SSSR count). The summed E-state index contributed by atoms with van der Waals surface area (Å²) in [5, 5.41) is 0.758. The van der Waals surface area contributed by atoms with Crippen LogP contribution in [-0.4, -0.2) is 42.4 Å². The zero-order chi connectivity index (χ0) is 19.3. The summed E-state index contributed by atoms with van der Waals surface area (Å²) in [5.74, 6) is 0. The van der Waals surface area contributed by atoms with Gasteiger partial charge >= 0.3 is 0 Å². The molecule has 28 heavy (non-hydrogen) atoms. The van der Waals surface area contributed by atoms with Crippen LogP contribution in [0.4, 0.5) is 0 Å². The summed E-state index contributed by atoms with van der Waals surface area (Å²) in [5.41, 5.74) is 3.99. The van der Waals surface area contributed by atoms with Crippen LogP contribution in [0.5, 0.6) is 0 Å². The Morgan fingerprint density at radius 2 is 2.07 bits per heavy atom. The van der Waals surface area contributed by atoms with Gasteiger partial charge in [0.25, 0.3) is 10.0 Å². The molecule has 7 heteroatoms. The van der Waals surface area contributed by atoms with Gasteiger partial charge in [0.2, 0.25) is 0 Å². The maximum atomic E-state index is 13.4. The zero-order valence-corrected chi connectivity index (χ0v) is 16.2. The Balaban J connectivity index is 1.70. The first-order valence-corrected chi connectivity index (χ1v) is 10.5. The minimum absolute atomic E-state index is 0.228. The minimum atomic E-state index is -3.77. The van der Waals surface area contributed by atoms with Gasteiger partial charge < -0.3 is 9.32 Å². The second kappa shape index (κ2) is 6.32. The van der Waals surface area contributed by atoms with Crippen molar-refractivity contribution in [3.8, 4) is 0 Å². The molecule has 1 aliphatic rings. The normalized spacial score (nSPS) is 16.0. The summed E-state index contributed by atoms with van der Waals surface area (Å²) in [4.78, 5) is 6.95. The van der Waals surface area contributed by atoms with E-state index in [9.17, 15) is 8.42 Å². The van der Waals surface area contributed by atoms with E-state index in [4.69, 9.17) is 4.42 Å². The molecule has 0 radical (unpaired) electrons. The lowest BCUT2D eigenvalue weighted by molar-refractivity contribution is 0.370. The number of nitrogens with zero attached hydrogens (tertiary/aromatic N) is 3. The smallest absolute Gasteiger partial charge is 0.268 e. The van der Waals surface area contributed by atoms with Crippen molar-refractivity contribution in [3.05, 3.63) is 66.7 Å². The summed E-state index contributed by atoms with van der Waals surface area (Å²) in [7, 11) is -1.69. The van der Waals surface area contributed by atoms with E-state index in [0.29, 0.717) is 16.6 Å². The molecule has 0 fully saturated rings. The summed E-state index contributed by atoms with van der Waals surface area (Å²) >= 11 is 0. The van der Waals surface area contributed by atoms with Crippen molar-refractivity contribution in [3.63, 3.8) is 0 Å². The van der Waals surface area contributed by atoms with Gasteiger partial charge in [-0.3, -0.25) is 4.98 Å². The molecule has 0 atom stereocenters. The first-order valence-electron chi connectivity index (χ1n) is 9.11. The zero-order valence-electron chi connectivity index (χ0n) is 15.4. The van der Waals surface area contributed by atoms with Crippen LogP contribution in [0.2, 0.25) is 0 Å². The molecule has 0 spiro atoms. The summed E-state index contributed by atoms with van der Waals surface area (Å²) in [6.07, 6.45) is 7.99. The maximum Gasteiger partial charge on any atom is 0.268 e. The van der Waals surface area contributed by atoms with Crippen LogP contribution in [0.15, 0.2) is 70.4 Å². The predicted octanol–water partition coefficient (Wildman–Crippen LogP) is 3.74. The van der Waals surface area contributed by atoms with Crippen molar-refractivity contribution in [2.75, 3.05) is 20.1 Å². The SMILES string of the molecule is CN1CC=C(c2cn(S(=O)(=O)c3ccc4occc4c3)c3cccnc23)CC1. The highest BCUT2D eigenvalue weighted by Crippen LogP contribution is 2.32. The quantitative estimate of drug-likeness (QED) is 0.530. The molecule has 0 unspecified atom stereocenters. The van der Waals surface area contributed by atoms with Crippen LogP contribution < -0.4 is 0 Å². The molecule has 4 aromatic rings. The van der Waals surface area contributed by atoms with Crippen molar-refractivity contribution in [1.82, 2.24) is 13.9 Å². The molecule has 4 heterocycles. The van der Waals surface area contributed by atoms with Crippen LogP contribution in [0.1, 0.15) is 12.0 Å². The Morgan fingerprint density at radius 3 is 2.89 bits per heavy atom. The van der Waals surface area contributed by atoms with Gasteiger partial charge in [-0.25, -0.2) is 12.4 Å². The predicted molar refractivity (Wildman–Crippen MR) is 109 cm³/mol. The number of likely N-dealkylation sites (N-methyl/N-ethyl adjacent to an activating group) is 1. The lowest BCUT2D eigenvalue weighted by atomic mass is 10.0. The molecule has 6 nitrogen and oxygen atoms in total. The first-order chi connectivity index (χ1) is 13.5. The Hall–Kier alpha value is -2.90. The summed E-state index contributed by atoms with van der Waals surface area (Å²) in [6.45, 7) is 1.79. The fourth-order valence-electron chi connectivity index (χ4n) is 3.70. The van der Waals surface area contributed by atoms with E-state index < -0.39 is 10.0 Å². The standard InChI is InChI=1S/C21H19N3O3S/c1-23-10-6-15(7-11-23)18-14-24(19-3-2-9-22-21(18)19)28(25,26)17-4-5-20-16(13-17)8-12-27-20/h2-6,8-9,12-14H,7,10-11H2,1H3. The molecule has 0 N–H and O–H groups in total. The first kappa shape index (κ1) is 17.2. The molecule has 0 aliphatic carbocycles. The van der Waals surface area contributed by atoms with Crippen LogP contribution in [0.25, 0.3) is 27.6 Å². The number of hydrogen-bond acceptors (Lipinski definition) is 5. The van der Waals surface area contributed by atoms with Crippen LogP contribution in [0.3, 0.4) is 0 Å².